The van der Waals surface area contributed by atoms with Crippen molar-refractivity contribution in [2.75, 3.05) is 14.1 Å². The zero-order chi connectivity index (χ0) is 12.4. The predicted octanol–water partition coefficient (Wildman–Crippen LogP) is 3.57. The van der Waals surface area contributed by atoms with Gasteiger partial charge >= 0.3 is 0 Å². The maximum absolute atomic E-state index is 4.10. The second kappa shape index (κ2) is 5.09. The molecule has 2 heteroatoms. The first-order valence-electron chi connectivity index (χ1n) is 6.64. The molecule has 0 saturated heterocycles. The van der Waals surface area contributed by atoms with Crippen LogP contribution in [0.5, 0.6) is 0 Å². The fourth-order valence-corrected chi connectivity index (χ4v) is 2.73. The normalized spacial score (nSPS) is 24.5. The van der Waals surface area contributed by atoms with Crippen molar-refractivity contribution in [1.82, 2.24) is 9.47 Å². The summed E-state index contributed by atoms with van der Waals surface area (Å²) < 4.78 is 2.39. The van der Waals surface area contributed by atoms with Crippen molar-refractivity contribution in [2.45, 2.75) is 44.7 Å². The lowest BCUT2D eigenvalue weighted by Gasteiger charge is -2.19. The molecule has 0 aliphatic heterocycles. The van der Waals surface area contributed by atoms with Gasteiger partial charge in [0.05, 0.1) is 0 Å². The summed E-state index contributed by atoms with van der Waals surface area (Å²) in [6.45, 7) is 6.27. The highest BCUT2D eigenvalue weighted by atomic mass is 15.1. The van der Waals surface area contributed by atoms with E-state index in [1.807, 2.05) is 0 Å². The smallest absolute Gasteiger partial charge is 0.0346 e. The zero-order valence-corrected chi connectivity index (χ0v) is 11.3. The van der Waals surface area contributed by atoms with Gasteiger partial charge in [0.1, 0.15) is 0 Å². The van der Waals surface area contributed by atoms with E-state index in [0.717, 1.165) is 12.5 Å². The van der Waals surface area contributed by atoms with Gasteiger partial charge in [-0.3, -0.25) is 0 Å². The molecule has 0 spiro atoms. The molecular weight excluding hydrogens is 208 g/mol. The minimum absolute atomic E-state index is 0.681. The van der Waals surface area contributed by atoms with Crippen molar-refractivity contribution in [2.24, 2.45) is 0 Å². The standard InChI is InChI=1S/C15H24N2/c1-5-12(2)13-8-9-17(11-13)15-7-6-14(10-15)16(3)4/h8-9,11,14-15H,2,5-7,10H2,1,3-4H3. The van der Waals surface area contributed by atoms with Crippen LogP contribution in [-0.2, 0) is 0 Å². The SMILES string of the molecule is C=C(CC)c1ccn(C2CCC(N(C)C)C2)c1. The molecule has 17 heavy (non-hydrogen) atoms. The van der Waals surface area contributed by atoms with Gasteiger partial charge in [0.25, 0.3) is 0 Å². The maximum Gasteiger partial charge on any atom is 0.0346 e. The lowest BCUT2D eigenvalue weighted by molar-refractivity contribution is 0.291. The van der Waals surface area contributed by atoms with Crippen molar-refractivity contribution in [3.63, 3.8) is 0 Å². The van der Waals surface area contributed by atoms with Crippen molar-refractivity contribution in [1.29, 1.82) is 0 Å². The van der Waals surface area contributed by atoms with E-state index in [4.69, 9.17) is 0 Å². The predicted molar refractivity (Wildman–Crippen MR) is 74.1 cm³/mol. The molecule has 0 amide bonds. The van der Waals surface area contributed by atoms with E-state index in [0.29, 0.717) is 6.04 Å². The summed E-state index contributed by atoms with van der Waals surface area (Å²) in [6.07, 6.45) is 9.43. The number of rotatable bonds is 4. The summed E-state index contributed by atoms with van der Waals surface area (Å²) in [5.74, 6) is 0. The molecule has 1 aliphatic carbocycles. The Morgan fingerprint density at radius 1 is 1.47 bits per heavy atom. The highest BCUT2D eigenvalue weighted by Gasteiger charge is 2.26. The average Bonchev–Trinajstić information content (AvgIpc) is 2.95. The van der Waals surface area contributed by atoms with E-state index in [1.165, 1.54) is 30.4 Å². The van der Waals surface area contributed by atoms with Gasteiger partial charge in [0.2, 0.25) is 0 Å². The zero-order valence-electron chi connectivity index (χ0n) is 11.3. The van der Waals surface area contributed by atoms with Crippen LogP contribution in [0.1, 0.15) is 44.2 Å². The second-order valence-corrected chi connectivity index (χ2v) is 5.39. The van der Waals surface area contributed by atoms with Crippen LogP contribution in [0.15, 0.2) is 25.0 Å². The fraction of sp³-hybridized carbons (Fsp3) is 0.600. The van der Waals surface area contributed by atoms with E-state index >= 15 is 0 Å². The van der Waals surface area contributed by atoms with Crippen LogP contribution in [0.4, 0.5) is 0 Å². The van der Waals surface area contributed by atoms with Gasteiger partial charge in [0.15, 0.2) is 0 Å². The Hall–Kier alpha value is -1.02. The van der Waals surface area contributed by atoms with E-state index in [1.54, 1.807) is 0 Å². The Labute approximate surface area is 105 Å². The van der Waals surface area contributed by atoms with Gasteiger partial charge in [-0.1, -0.05) is 13.5 Å². The third-order valence-electron chi connectivity index (χ3n) is 4.08. The van der Waals surface area contributed by atoms with Crippen molar-refractivity contribution in [3.05, 3.63) is 30.6 Å². The molecule has 1 aliphatic rings. The first kappa shape index (κ1) is 12.4. The molecule has 0 aromatic carbocycles. The van der Waals surface area contributed by atoms with E-state index in [-0.39, 0.29) is 0 Å². The third-order valence-corrected chi connectivity index (χ3v) is 4.08. The second-order valence-electron chi connectivity index (χ2n) is 5.39. The topological polar surface area (TPSA) is 8.17 Å². The van der Waals surface area contributed by atoms with E-state index in [9.17, 15) is 0 Å². The van der Waals surface area contributed by atoms with E-state index in [2.05, 4.69) is 55.5 Å². The lowest BCUT2D eigenvalue weighted by Crippen LogP contribution is -2.25. The third kappa shape index (κ3) is 2.63. The van der Waals surface area contributed by atoms with E-state index < -0.39 is 0 Å². The lowest BCUT2D eigenvalue weighted by atomic mass is 10.1. The molecule has 94 valence electrons. The summed E-state index contributed by atoms with van der Waals surface area (Å²) in [5.41, 5.74) is 2.55. The van der Waals surface area contributed by atoms with Crippen LogP contribution in [0, 0.1) is 0 Å². The number of aromatic nitrogens is 1. The quantitative estimate of drug-likeness (QED) is 0.770. The molecule has 1 aromatic heterocycles. The number of allylic oxidation sites excluding steroid dienone is 1. The van der Waals surface area contributed by atoms with Crippen LogP contribution in [0.3, 0.4) is 0 Å². The Morgan fingerprint density at radius 3 is 2.82 bits per heavy atom. The van der Waals surface area contributed by atoms with Crippen LogP contribution < -0.4 is 0 Å². The largest absolute Gasteiger partial charge is 0.351 e. The summed E-state index contributed by atoms with van der Waals surface area (Å²) >= 11 is 0. The molecule has 1 aromatic rings. The van der Waals surface area contributed by atoms with Crippen LogP contribution in [0.2, 0.25) is 0 Å². The van der Waals surface area contributed by atoms with Gasteiger partial charge < -0.3 is 9.47 Å². The van der Waals surface area contributed by atoms with Gasteiger partial charge in [-0.05, 0) is 57.0 Å². The molecular formula is C15H24N2. The molecule has 2 rings (SSSR count). The van der Waals surface area contributed by atoms with Crippen LogP contribution in [0.25, 0.3) is 5.57 Å². The first-order chi connectivity index (χ1) is 8.11. The number of hydrogen-bond acceptors (Lipinski definition) is 1. The summed E-state index contributed by atoms with van der Waals surface area (Å²) in [6, 6.07) is 3.63. The van der Waals surface area contributed by atoms with Crippen molar-refractivity contribution in [3.8, 4) is 0 Å². The highest BCUT2D eigenvalue weighted by molar-refractivity contribution is 5.62. The Balaban J connectivity index is 2.04. The van der Waals surface area contributed by atoms with Gasteiger partial charge in [-0.2, -0.15) is 0 Å². The maximum atomic E-state index is 4.10. The molecule has 1 fully saturated rings. The fourth-order valence-electron chi connectivity index (χ4n) is 2.73. The number of nitrogens with zero attached hydrogens (tertiary/aromatic N) is 2. The number of hydrogen-bond donors (Lipinski definition) is 0. The Kier molecular flexibility index (Phi) is 3.72. The van der Waals surface area contributed by atoms with Crippen molar-refractivity contribution >= 4 is 5.57 Å². The Morgan fingerprint density at radius 2 is 2.24 bits per heavy atom. The molecule has 1 heterocycles. The Bertz CT molecular complexity index is 389. The molecule has 0 radical (unpaired) electrons. The molecule has 2 atom stereocenters. The molecule has 2 unspecified atom stereocenters. The van der Waals surface area contributed by atoms with Crippen molar-refractivity contribution < 1.29 is 0 Å². The molecule has 2 nitrogen and oxygen atoms in total. The molecule has 1 saturated carbocycles. The summed E-state index contributed by atoms with van der Waals surface area (Å²) in [5, 5.41) is 0. The highest BCUT2D eigenvalue weighted by Crippen LogP contribution is 2.33. The average molecular weight is 232 g/mol. The summed E-state index contributed by atoms with van der Waals surface area (Å²) in [4.78, 5) is 2.36. The first-order valence-corrected chi connectivity index (χ1v) is 6.64. The minimum atomic E-state index is 0.681. The monoisotopic (exact) mass is 232 g/mol. The van der Waals surface area contributed by atoms with Gasteiger partial charge in [-0.15, -0.1) is 0 Å². The molecule has 0 N–H and O–H groups in total. The van der Waals surface area contributed by atoms with Crippen LogP contribution >= 0.6 is 0 Å². The van der Waals surface area contributed by atoms with Gasteiger partial charge in [0, 0.05) is 24.5 Å². The molecule has 0 bridgehead atoms. The van der Waals surface area contributed by atoms with Gasteiger partial charge in [-0.25, -0.2) is 0 Å². The minimum Gasteiger partial charge on any atom is -0.351 e. The van der Waals surface area contributed by atoms with Crippen LogP contribution in [-0.4, -0.2) is 29.6 Å². The summed E-state index contributed by atoms with van der Waals surface area (Å²) in [7, 11) is 4.38.